The third kappa shape index (κ3) is 3.75. The van der Waals surface area contributed by atoms with Gasteiger partial charge in [0, 0.05) is 6.54 Å². The first-order valence-electron chi connectivity index (χ1n) is 6.20. The molecule has 4 nitrogen and oxygen atoms in total. The lowest BCUT2D eigenvalue weighted by molar-refractivity contribution is -0.138. The van der Waals surface area contributed by atoms with Crippen molar-refractivity contribution in [1.82, 2.24) is 5.32 Å². The molecule has 0 spiro atoms. The van der Waals surface area contributed by atoms with Gasteiger partial charge in [-0.25, -0.2) is 4.79 Å². The van der Waals surface area contributed by atoms with Crippen molar-refractivity contribution in [2.24, 2.45) is 0 Å². The summed E-state index contributed by atoms with van der Waals surface area (Å²) in [5.74, 6) is -0.470. The maximum Gasteiger partial charge on any atom is 0.416 e. The summed E-state index contributed by atoms with van der Waals surface area (Å²) >= 11 is 0. The van der Waals surface area contributed by atoms with Crippen molar-refractivity contribution in [3.63, 3.8) is 0 Å². The predicted molar refractivity (Wildman–Crippen MR) is 68.1 cm³/mol. The Morgan fingerprint density at radius 3 is 2.52 bits per heavy atom. The molecule has 0 atom stereocenters. The molecule has 0 amide bonds. The molecule has 0 saturated heterocycles. The number of halogens is 3. The average Bonchev–Trinajstić information content (AvgIpc) is 2.92. The number of alkyl halides is 3. The van der Waals surface area contributed by atoms with Gasteiger partial charge in [0.2, 0.25) is 0 Å². The quantitative estimate of drug-likeness (QED) is 0.867. The Morgan fingerprint density at radius 2 is 1.95 bits per heavy atom. The topological polar surface area (TPSA) is 47.6 Å². The van der Waals surface area contributed by atoms with Gasteiger partial charge in [0.25, 0.3) is 0 Å². The third-order valence-corrected chi connectivity index (χ3v) is 3.08. The number of nitrogens with one attached hydrogen (secondary N) is 1. The van der Waals surface area contributed by atoms with Gasteiger partial charge in [0.15, 0.2) is 0 Å². The highest BCUT2D eigenvalue weighted by Crippen LogP contribution is 2.29. The molecule has 0 aromatic heterocycles. The van der Waals surface area contributed by atoms with Crippen molar-refractivity contribution in [2.45, 2.75) is 12.7 Å². The van der Waals surface area contributed by atoms with Crippen molar-refractivity contribution >= 4 is 5.97 Å². The molecule has 1 aromatic carbocycles. The van der Waals surface area contributed by atoms with Gasteiger partial charge in [0.05, 0.1) is 37.2 Å². The first kappa shape index (κ1) is 15.4. The van der Waals surface area contributed by atoms with Crippen LogP contribution < -0.4 is 5.32 Å². The minimum atomic E-state index is -4.34. The standard InChI is InChI=1S/C14H14F3NO3/c1-20-13(19)11-7-21-8-12(11)18-6-9-2-4-10(5-3-9)14(15,16)17/h2-5,18H,6-8H2,1H3. The lowest BCUT2D eigenvalue weighted by atomic mass is 10.1. The smallest absolute Gasteiger partial charge is 0.416 e. The van der Waals surface area contributed by atoms with Crippen LogP contribution in [0.25, 0.3) is 0 Å². The van der Waals surface area contributed by atoms with Crippen LogP contribution in [0.5, 0.6) is 0 Å². The molecule has 7 heteroatoms. The number of benzene rings is 1. The molecule has 0 radical (unpaired) electrons. The number of carbonyl (C=O) groups excluding carboxylic acids is 1. The van der Waals surface area contributed by atoms with Crippen LogP contribution in [-0.4, -0.2) is 26.3 Å². The van der Waals surface area contributed by atoms with Crippen molar-refractivity contribution in [2.75, 3.05) is 20.3 Å². The molecule has 0 aliphatic carbocycles. The second-order valence-electron chi connectivity index (χ2n) is 4.49. The molecule has 0 unspecified atom stereocenters. The van der Waals surface area contributed by atoms with Crippen LogP contribution in [0.15, 0.2) is 35.5 Å². The van der Waals surface area contributed by atoms with E-state index in [1.54, 1.807) is 0 Å². The van der Waals surface area contributed by atoms with Crippen molar-refractivity contribution in [3.8, 4) is 0 Å². The molecular weight excluding hydrogens is 287 g/mol. The predicted octanol–water partition coefficient (Wildman–Crippen LogP) is 2.25. The van der Waals surface area contributed by atoms with Crippen LogP contribution in [0.4, 0.5) is 13.2 Å². The van der Waals surface area contributed by atoms with Gasteiger partial charge in [-0.1, -0.05) is 12.1 Å². The summed E-state index contributed by atoms with van der Waals surface area (Å²) in [5.41, 5.74) is 0.989. The van der Waals surface area contributed by atoms with E-state index in [4.69, 9.17) is 4.74 Å². The van der Waals surface area contributed by atoms with Crippen LogP contribution in [0.3, 0.4) is 0 Å². The molecule has 1 aromatic rings. The molecule has 0 saturated carbocycles. The first-order valence-corrected chi connectivity index (χ1v) is 6.20. The highest BCUT2D eigenvalue weighted by atomic mass is 19.4. The summed E-state index contributed by atoms with van der Waals surface area (Å²) < 4.78 is 47.1. The molecule has 114 valence electrons. The van der Waals surface area contributed by atoms with Crippen LogP contribution in [-0.2, 0) is 27.0 Å². The first-order chi connectivity index (χ1) is 9.91. The number of hydrogen-bond acceptors (Lipinski definition) is 4. The summed E-state index contributed by atoms with van der Waals surface area (Å²) in [5, 5.41) is 2.99. The van der Waals surface area contributed by atoms with E-state index in [0.29, 0.717) is 23.4 Å². The molecule has 0 bridgehead atoms. The molecule has 0 fully saturated rings. The number of carbonyl (C=O) groups is 1. The molecule has 1 aliphatic rings. The normalized spacial score (nSPS) is 15.2. The summed E-state index contributed by atoms with van der Waals surface area (Å²) in [6.45, 7) is 0.727. The number of rotatable bonds is 4. The molecule has 1 heterocycles. The van der Waals surface area contributed by atoms with Gasteiger partial charge in [-0.2, -0.15) is 13.2 Å². The highest BCUT2D eigenvalue weighted by molar-refractivity contribution is 5.90. The van der Waals surface area contributed by atoms with Gasteiger partial charge >= 0.3 is 12.1 Å². The minimum absolute atomic E-state index is 0.169. The summed E-state index contributed by atoms with van der Waals surface area (Å²) in [6, 6.07) is 4.84. The summed E-state index contributed by atoms with van der Waals surface area (Å²) in [6.07, 6.45) is -4.34. The SMILES string of the molecule is COC(=O)C1=C(NCc2ccc(C(F)(F)F)cc2)COC1. The number of esters is 1. The molecule has 1 N–H and O–H groups in total. The zero-order valence-electron chi connectivity index (χ0n) is 11.3. The van der Waals surface area contributed by atoms with Crippen LogP contribution in [0, 0.1) is 0 Å². The van der Waals surface area contributed by atoms with Gasteiger partial charge < -0.3 is 14.8 Å². The lowest BCUT2D eigenvalue weighted by Gasteiger charge is -2.10. The highest BCUT2D eigenvalue weighted by Gasteiger charge is 2.30. The van der Waals surface area contributed by atoms with E-state index in [1.807, 2.05) is 0 Å². The maximum atomic E-state index is 12.4. The van der Waals surface area contributed by atoms with Gasteiger partial charge in [-0.05, 0) is 17.7 Å². The lowest BCUT2D eigenvalue weighted by Crippen LogP contribution is -2.18. The van der Waals surface area contributed by atoms with Crippen LogP contribution in [0.2, 0.25) is 0 Å². The van der Waals surface area contributed by atoms with E-state index in [9.17, 15) is 18.0 Å². The monoisotopic (exact) mass is 301 g/mol. The summed E-state index contributed by atoms with van der Waals surface area (Å²) in [7, 11) is 1.28. The summed E-state index contributed by atoms with van der Waals surface area (Å²) in [4.78, 5) is 11.5. The number of methoxy groups -OCH3 is 1. The number of ether oxygens (including phenoxy) is 2. The van der Waals surface area contributed by atoms with E-state index >= 15 is 0 Å². The molecule has 1 aliphatic heterocycles. The maximum absolute atomic E-state index is 12.4. The zero-order chi connectivity index (χ0) is 15.5. The van der Waals surface area contributed by atoms with E-state index in [0.717, 1.165) is 12.1 Å². The van der Waals surface area contributed by atoms with Gasteiger partial charge in [-0.15, -0.1) is 0 Å². The third-order valence-electron chi connectivity index (χ3n) is 3.08. The van der Waals surface area contributed by atoms with E-state index < -0.39 is 17.7 Å². The Balaban J connectivity index is 2.01. The van der Waals surface area contributed by atoms with E-state index in [2.05, 4.69) is 10.1 Å². The van der Waals surface area contributed by atoms with Gasteiger partial charge in [0.1, 0.15) is 0 Å². The van der Waals surface area contributed by atoms with Crippen molar-refractivity contribution in [1.29, 1.82) is 0 Å². The Hall–Kier alpha value is -2.02. The fourth-order valence-electron chi connectivity index (χ4n) is 1.91. The Bertz CT molecular complexity index is 550. The Labute approximate surface area is 119 Å². The van der Waals surface area contributed by atoms with Crippen LogP contribution >= 0.6 is 0 Å². The molecule has 21 heavy (non-hydrogen) atoms. The number of hydrogen-bond donors (Lipinski definition) is 1. The van der Waals surface area contributed by atoms with Crippen molar-refractivity contribution in [3.05, 3.63) is 46.7 Å². The zero-order valence-corrected chi connectivity index (χ0v) is 11.3. The second kappa shape index (κ2) is 6.17. The second-order valence-corrected chi connectivity index (χ2v) is 4.49. The van der Waals surface area contributed by atoms with Crippen molar-refractivity contribution < 1.29 is 27.4 Å². The Morgan fingerprint density at radius 1 is 1.29 bits per heavy atom. The van der Waals surface area contributed by atoms with E-state index in [-0.39, 0.29) is 13.2 Å². The molecule has 2 rings (SSSR count). The van der Waals surface area contributed by atoms with E-state index in [1.165, 1.54) is 19.2 Å². The minimum Gasteiger partial charge on any atom is -0.466 e. The van der Waals surface area contributed by atoms with Crippen LogP contribution in [0.1, 0.15) is 11.1 Å². The van der Waals surface area contributed by atoms with Gasteiger partial charge in [-0.3, -0.25) is 0 Å². The largest absolute Gasteiger partial charge is 0.466 e. The average molecular weight is 301 g/mol. The fourth-order valence-corrected chi connectivity index (χ4v) is 1.91. The Kier molecular flexibility index (Phi) is 4.52. The molecular formula is C14H14F3NO3. The fraction of sp³-hybridized carbons (Fsp3) is 0.357.